The predicted octanol–water partition coefficient (Wildman–Crippen LogP) is 8.72. The maximum atomic E-state index is 14.4. The molecule has 12 rings (SSSR count). The molecule has 11 saturated carbocycles. The number of carbonyl (C=O) groups is 4. The van der Waals surface area contributed by atoms with Gasteiger partial charge in [-0.1, -0.05) is 56.9 Å². The average Bonchev–Trinajstić information content (AvgIpc) is 1.66. The quantitative estimate of drug-likeness (QED) is 0.0553. The third kappa shape index (κ3) is 10.0. The molecule has 504 valence electrons. The van der Waals surface area contributed by atoms with Gasteiger partial charge in [0.1, 0.15) is 12.2 Å². The lowest BCUT2D eigenvalue weighted by atomic mass is 9.34. The molecule has 11 aliphatic carbocycles. The molecule has 0 bridgehead atoms. The van der Waals surface area contributed by atoms with Gasteiger partial charge in [-0.25, -0.2) is 9.59 Å². The molecule has 0 amide bonds. The van der Waals surface area contributed by atoms with Gasteiger partial charge in [-0.3, -0.25) is 9.59 Å². The van der Waals surface area contributed by atoms with Crippen LogP contribution >= 0.6 is 0 Å². The number of rotatable bonds is 10. The Kier molecular flexibility index (Phi) is 17.4. The predicted molar refractivity (Wildman–Crippen MR) is 343 cm³/mol. The smallest absolute Gasteiger partial charge is 0.331 e. The van der Waals surface area contributed by atoms with Crippen molar-refractivity contribution in [1.29, 1.82) is 0 Å². The first-order chi connectivity index (χ1) is 42.9. The molecule has 19 nitrogen and oxygen atoms in total. The van der Waals surface area contributed by atoms with E-state index < -0.39 is 134 Å². The van der Waals surface area contributed by atoms with E-state index in [1.54, 1.807) is 0 Å². The monoisotopic (exact) mass is 1260 g/mol. The second-order valence-electron chi connectivity index (χ2n) is 32.9. The fraction of sp³-hybridized carbons (Fsp3) is 0.806. The van der Waals surface area contributed by atoms with E-state index in [0.29, 0.717) is 119 Å². The number of esters is 2. The number of nitrogens with zero attached hydrogens (tertiary/aromatic N) is 2. The Bertz CT molecular complexity index is 3150. The van der Waals surface area contributed by atoms with Gasteiger partial charge in [0.2, 0.25) is 0 Å². The highest BCUT2D eigenvalue weighted by Gasteiger charge is 2.78. The Balaban J connectivity index is 0.860. The SMILES string of the molecule is CC(=O)O[C@H]1C[C@@]2(C)[C@@H](C[C@@H](O)[C@H]3[C@@]4(C)CC[C@@H](O)[C@@H](N)[C@@H]4CC[C@@]32CN)/C1=C(/C(=O)O)C1CC(=C2CCCC2)CC(NCC2=C/N[C@@]34CC[C@@]5(N)[C@@H]([C@H](O)C[C@H]6/C(=C(/C(=O)O)C7CCCC(=C(C)C)C7)[C@@H](OC(C)=O)C[C@@]65C)[C@@]3(C)CC[C@@H](O)C4(C)C/N=N\2)C1. The molecule has 4 unspecified atom stereocenters. The first-order valence-corrected chi connectivity index (χ1v) is 35.1. The van der Waals surface area contributed by atoms with Crippen LogP contribution in [0.5, 0.6) is 0 Å². The molecule has 1 aliphatic heterocycles. The van der Waals surface area contributed by atoms with Gasteiger partial charge in [0.25, 0.3) is 0 Å². The minimum absolute atomic E-state index is 0.0213. The van der Waals surface area contributed by atoms with Crippen molar-refractivity contribution in [2.75, 3.05) is 19.6 Å². The molecule has 0 aromatic rings. The van der Waals surface area contributed by atoms with E-state index in [0.717, 1.165) is 44.9 Å². The second kappa shape index (κ2) is 23.8. The minimum atomic E-state index is -1.06. The molecule has 0 aromatic carbocycles. The molecule has 12 aliphatic rings. The maximum absolute atomic E-state index is 14.4. The van der Waals surface area contributed by atoms with Crippen LogP contribution in [0.25, 0.3) is 0 Å². The third-order valence-electron chi connectivity index (χ3n) is 28.9. The number of nitrogens with two attached hydrogens (primary N) is 3. The van der Waals surface area contributed by atoms with Crippen molar-refractivity contribution in [2.45, 2.75) is 270 Å². The number of nitrogens with one attached hydrogen (secondary N) is 2. The summed E-state index contributed by atoms with van der Waals surface area (Å²) in [6, 6.07) is -0.615. The number of allylic oxidation sites excluding steroid dienone is 3. The molecule has 0 radical (unpaired) electrons. The Morgan fingerprint density at radius 3 is 1.92 bits per heavy atom. The number of aliphatic carboxylic acids is 2. The number of ether oxygens (including phenoxy) is 2. The summed E-state index contributed by atoms with van der Waals surface area (Å²) in [6.45, 7) is 18.5. The number of aliphatic hydroxyl groups is 4. The molecular formula is C72H109N7O12. The van der Waals surface area contributed by atoms with Crippen molar-refractivity contribution >= 4 is 23.9 Å². The summed E-state index contributed by atoms with van der Waals surface area (Å²) in [7, 11) is 0. The van der Waals surface area contributed by atoms with Gasteiger partial charge in [0.15, 0.2) is 0 Å². The van der Waals surface area contributed by atoms with Crippen molar-refractivity contribution < 1.29 is 59.3 Å². The zero-order chi connectivity index (χ0) is 65.5. The number of fused-ring (bicyclic) bond motifs is 9. The summed E-state index contributed by atoms with van der Waals surface area (Å²) in [6.07, 6.45) is 11.7. The van der Waals surface area contributed by atoms with E-state index in [-0.39, 0.29) is 55.4 Å². The van der Waals surface area contributed by atoms with E-state index in [2.05, 4.69) is 59.1 Å². The number of carbonyl (C=O) groups excluding carboxylic acids is 2. The number of hydrogen-bond donors (Lipinski definition) is 11. The van der Waals surface area contributed by atoms with Crippen molar-refractivity contribution in [3.05, 3.63) is 56.5 Å². The van der Waals surface area contributed by atoms with E-state index >= 15 is 0 Å². The molecule has 0 aromatic heterocycles. The number of azo groups is 1. The zero-order valence-corrected chi connectivity index (χ0v) is 55.9. The summed E-state index contributed by atoms with van der Waals surface area (Å²) in [5.41, 5.74) is 23.5. The van der Waals surface area contributed by atoms with Gasteiger partial charge >= 0.3 is 23.9 Å². The van der Waals surface area contributed by atoms with E-state index in [1.807, 2.05) is 6.20 Å². The fourth-order valence-electron chi connectivity index (χ4n) is 24.7. The van der Waals surface area contributed by atoms with Crippen LogP contribution in [0.2, 0.25) is 0 Å². The van der Waals surface area contributed by atoms with Gasteiger partial charge in [-0.05, 0) is 242 Å². The second-order valence-corrected chi connectivity index (χ2v) is 32.9. The lowest BCUT2D eigenvalue weighted by Crippen LogP contribution is -2.83. The molecule has 91 heavy (non-hydrogen) atoms. The van der Waals surface area contributed by atoms with Crippen molar-refractivity contribution in [3.8, 4) is 0 Å². The normalized spacial score (nSPS) is 48.8. The molecule has 23 atom stereocenters. The van der Waals surface area contributed by atoms with Gasteiger partial charge in [-0.15, -0.1) is 0 Å². The summed E-state index contributed by atoms with van der Waals surface area (Å²) < 4.78 is 12.5. The topological polar surface area (TPSA) is 335 Å². The lowest BCUT2D eigenvalue weighted by Gasteiger charge is -2.74. The van der Waals surface area contributed by atoms with Gasteiger partial charge < -0.3 is 67.9 Å². The Labute approximate surface area is 538 Å². The average molecular weight is 1260 g/mol. The first kappa shape index (κ1) is 66.7. The summed E-state index contributed by atoms with van der Waals surface area (Å²) in [5, 5.41) is 90.0. The van der Waals surface area contributed by atoms with Crippen LogP contribution < -0.4 is 27.8 Å². The number of carboxylic acids is 2. The summed E-state index contributed by atoms with van der Waals surface area (Å²) in [5.74, 6) is -5.49. The summed E-state index contributed by atoms with van der Waals surface area (Å²) in [4.78, 5) is 54.6. The molecular weight excluding hydrogens is 1150 g/mol. The largest absolute Gasteiger partial charge is 0.478 e. The highest BCUT2D eigenvalue weighted by molar-refractivity contribution is 5.90. The van der Waals surface area contributed by atoms with E-state index in [9.17, 15) is 49.8 Å². The maximum Gasteiger partial charge on any atom is 0.331 e. The third-order valence-corrected chi connectivity index (χ3v) is 28.9. The van der Waals surface area contributed by atoms with Crippen LogP contribution in [-0.2, 0) is 28.7 Å². The molecule has 1 heterocycles. The van der Waals surface area contributed by atoms with Crippen LogP contribution in [0.3, 0.4) is 0 Å². The highest BCUT2D eigenvalue weighted by Crippen LogP contribution is 2.76. The minimum Gasteiger partial charge on any atom is -0.478 e. The first-order valence-electron chi connectivity index (χ1n) is 35.1. The lowest BCUT2D eigenvalue weighted by molar-refractivity contribution is -0.239. The summed E-state index contributed by atoms with van der Waals surface area (Å²) >= 11 is 0. The zero-order valence-electron chi connectivity index (χ0n) is 55.9. The van der Waals surface area contributed by atoms with Crippen molar-refractivity contribution in [3.63, 3.8) is 0 Å². The van der Waals surface area contributed by atoms with Crippen LogP contribution in [0, 0.1) is 73.9 Å². The Morgan fingerprint density at radius 1 is 0.670 bits per heavy atom. The van der Waals surface area contributed by atoms with Gasteiger partial charge in [0.05, 0.1) is 42.2 Å². The van der Waals surface area contributed by atoms with Crippen molar-refractivity contribution in [2.24, 2.45) is 101 Å². The highest BCUT2D eigenvalue weighted by atomic mass is 16.5. The van der Waals surface area contributed by atoms with Crippen LogP contribution in [-0.4, -0.2) is 134 Å². The standard InChI is InChI=1S/C72H109N7O12/c1-37(2)41-15-12-16-42(25-41)56(63(86)87)59-49-30-52(84)62-66(6)21-19-55(85)69(9)36-78-79-46(34-77-72(66,69)24-23-71(62,75)68(49,8)32-54(59)91-39(4)81)33-76-45-27-43(40-13-10-11-14-40)26-44(28-45)57(64(88)89)58-48-29-51(83)61-65(5)20-18-50(82)60(74)47(65)17-22-70(61,35-73)67(48,7)31-53(58)90-38(3)80/h34,42,44-45,47-55,60-62,76-77,82-85H,10-33,35-36,73-75H2,1-9H3,(H,86,87)(H,88,89)/b46-34-,58-57-,59-56-,79-78-/t42?,44?,45?,47-,48-,49-,50+,51+,52+,53-,54-,55+,60-,61-,62-,65-,66+,67-,68-,69?,70+,71+,72-/m0/s1. The van der Waals surface area contributed by atoms with Gasteiger partial charge in [-0.2, -0.15) is 10.2 Å². The Morgan fingerprint density at radius 2 is 1.30 bits per heavy atom. The van der Waals surface area contributed by atoms with Gasteiger partial charge in [0, 0.05) is 66.7 Å². The molecule has 0 saturated heterocycles. The number of aliphatic hydroxyl groups excluding tert-OH is 4. The fourth-order valence-corrected chi connectivity index (χ4v) is 24.7. The molecule has 1 spiro atoms. The van der Waals surface area contributed by atoms with Crippen molar-refractivity contribution in [1.82, 2.24) is 10.6 Å². The van der Waals surface area contributed by atoms with Crippen LogP contribution in [0.1, 0.15) is 210 Å². The number of hydrogen-bond acceptors (Lipinski definition) is 17. The molecule has 19 heteroatoms. The number of carboxylic acid groups (broad SMARTS) is 2. The molecule has 14 N–H and O–H groups in total. The van der Waals surface area contributed by atoms with Crippen LogP contribution in [0.4, 0.5) is 0 Å². The molecule has 11 fully saturated rings. The van der Waals surface area contributed by atoms with E-state index in [1.165, 1.54) is 36.1 Å². The van der Waals surface area contributed by atoms with Crippen LogP contribution in [0.15, 0.2) is 66.7 Å². The Hall–Kier alpha value is -4.34. The van der Waals surface area contributed by atoms with E-state index in [4.69, 9.17) is 36.9 Å².